The summed E-state index contributed by atoms with van der Waals surface area (Å²) in [5.41, 5.74) is 1.64. The Morgan fingerprint density at radius 3 is 3.00 bits per heavy atom. The van der Waals surface area contributed by atoms with Gasteiger partial charge in [-0.2, -0.15) is 0 Å². The minimum Gasteiger partial charge on any atom is -0.408 e. The molecule has 1 aliphatic rings. The molecule has 1 unspecified atom stereocenters. The number of benzene rings is 1. The summed E-state index contributed by atoms with van der Waals surface area (Å²) < 4.78 is 6.53. The molecule has 76 valence electrons. The number of carbonyl (C=O) groups is 1. The molecule has 1 aliphatic heterocycles. The van der Waals surface area contributed by atoms with Gasteiger partial charge in [0.25, 0.3) is 0 Å². The van der Waals surface area contributed by atoms with Crippen LogP contribution in [-0.2, 0) is 6.54 Å². The first kappa shape index (κ1) is 8.91. The number of alkyl halides is 1. The number of oxazole rings is 1. The van der Waals surface area contributed by atoms with Crippen molar-refractivity contribution >= 4 is 32.8 Å². The predicted molar refractivity (Wildman–Crippen MR) is 57.5 cm³/mol. The van der Waals surface area contributed by atoms with Crippen LogP contribution >= 0.6 is 15.9 Å². The molecule has 1 atom stereocenters. The fourth-order valence-corrected chi connectivity index (χ4v) is 2.44. The third-order valence-corrected chi connectivity index (χ3v) is 3.28. The Hall–Kier alpha value is -1.36. The first-order valence-corrected chi connectivity index (χ1v) is 5.40. The summed E-state index contributed by atoms with van der Waals surface area (Å²) in [5, 5.41) is 0. The molecule has 4 nitrogen and oxygen atoms in total. The molecule has 15 heavy (non-hydrogen) atoms. The van der Waals surface area contributed by atoms with Gasteiger partial charge in [-0.15, -0.1) is 0 Å². The predicted octanol–water partition coefficient (Wildman–Crippen LogP) is 1.55. The average molecular weight is 268 g/mol. The number of hydrogen-bond donors (Lipinski definition) is 0. The standard InChI is InChI=1S/C10H6BrNO3/c11-6-4-12-8-5(9(6)13)2-1-3-7(8)15-10(12)14/h1-3,6H,4H2. The third kappa shape index (κ3) is 1.07. The summed E-state index contributed by atoms with van der Waals surface area (Å²) in [6, 6.07) is 5.12. The van der Waals surface area contributed by atoms with Crippen molar-refractivity contribution in [3.8, 4) is 0 Å². The molecule has 3 rings (SSSR count). The average Bonchev–Trinajstić information content (AvgIpc) is 2.53. The molecule has 5 heteroatoms. The first-order chi connectivity index (χ1) is 7.18. The van der Waals surface area contributed by atoms with Crippen LogP contribution < -0.4 is 5.76 Å². The maximum Gasteiger partial charge on any atom is 0.420 e. The smallest absolute Gasteiger partial charge is 0.408 e. The van der Waals surface area contributed by atoms with E-state index in [1.54, 1.807) is 18.2 Å². The molecule has 0 amide bonds. The van der Waals surface area contributed by atoms with Crippen molar-refractivity contribution in [2.24, 2.45) is 0 Å². The van der Waals surface area contributed by atoms with Crippen LogP contribution in [0.1, 0.15) is 10.4 Å². The number of aromatic nitrogens is 1. The van der Waals surface area contributed by atoms with Crippen LogP contribution in [0.5, 0.6) is 0 Å². The highest BCUT2D eigenvalue weighted by molar-refractivity contribution is 9.10. The number of Topliss-reactive ketones (excluding diaryl/α,β-unsaturated/α-hetero) is 1. The van der Waals surface area contributed by atoms with Gasteiger partial charge in [0.2, 0.25) is 0 Å². The van der Waals surface area contributed by atoms with Gasteiger partial charge in [0.15, 0.2) is 11.4 Å². The lowest BCUT2D eigenvalue weighted by Crippen LogP contribution is -2.30. The number of hydrogen-bond acceptors (Lipinski definition) is 3. The second-order valence-corrected chi connectivity index (χ2v) is 4.57. The fourth-order valence-electron chi connectivity index (χ4n) is 1.90. The second kappa shape index (κ2) is 2.82. The number of ketones is 1. The van der Waals surface area contributed by atoms with Crippen LogP contribution in [0.15, 0.2) is 27.4 Å². The van der Waals surface area contributed by atoms with Gasteiger partial charge >= 0.3 is 5.76 Å². The van der Waals surface area contributed by atoms with Crippen molar-refractivity contribution in [3.05, 3.63) is 34.3 Å². The molecule has 0 radical (unpaired) electrons. The molecule has 1 aromatic heterocycles. The lowest BCUT2D eigenvalue weighted by molar-refractivity contribution is 0.0982. The van der Waals surface area contributed by atoms with E-state index in [1.165, 1.54) is 4.57 Å². The number of para-hydroxylation sites is 1. The molecule has 0 fully saturated rings. The second-order valence-electron chi connectivity index (χ2n) is 3.46. The van der Waals surface area contributed by atoms with Gasteiger partial charge in [-0.05, 0) is 12.1 Å². The summed E-state index contributed by atoms with van der Waals surface area (Å²) in [6.45, 7) is 0.335. The van der Waals surface area contributed by atoms with Crippen LogP contribution in [0.4, 0.5) is 0 Å². The molecule has 2 aromatic rings. The number of halogens is 1. The Morgan fingerprint density at radius 2 is 2.20 bits per heavy atom. The van der Waals surface area contributed by atoms with Crippen LogP contribution in [0, 0.1) is 0 Å². The van der Waals surface area contributed by atoms with Gasteiger partial charge in [0.05, 0.1) is 4.83 Å². The quantitative estimate of drug-likeness (QED) is 0.681. The van der Waals surface area contributed by atoms with Crippen LogP contribution in [-0.4, -0.2) is 15.2 Å². The first-order valence-electron chi connectivity index (χ1n) is 4.49. The normalized spacial score (nSPS) is 19.8. The van der Waals surface area contributed by atoms with Gasteiger partial charge in [-0.3, -0.25) is 9.36 Å². The molecule has 2 heterocycles. The molecule has 1 aromatic carbocycles. The van der Waals surface area contributed by atoms with Crippen molar-refractivity contribution in [1.82, 2.24) is 4.57 Å². The van der Waals surface area contributed by atoms with Gasteiger partial charge in [0.1, 0.15) is 5.52 Å². The Bertz CT molecular complexity index is 625. The van der Waals surface area contributed by atoms with Crippen LogP contribution in [0.25, 0.3) is 11.1 Å². The zero-order valence-corrected chi connectivity index (χ0v) is 9.15. The van der Waals surface area contributed by atoms with Crippen LogP contribution in [0.2, 0.25) is 0 Å². The van der Waals surface area contributed by atoms with Gasteiger partial charge < -0.3 is 4.42 Å². The van der Waals surface area contributed by atoms with Gasteiger partial charge in [-0.25, -0.2) is 4.79 Å². The highest BCUT2D eigenvalue weighted by Gasteiger charge is 2.29. The molecule has 0 bridgehead atoms. The Balaban J connectivity index is 2.52. The van der Waals surface area contributed by atoms with E-state index in [0.29, 0.717) is 23.2 Å². The lowest BCUT2D eigenvalue weighted by atomic mass is 10.0. The van der Waals surface area contributed by atoms with E-state index in [0.717, 1.165) is 0 Å². The van der Waals surface area contributed by atoms with Crippen LogP contribution in [0.3, 0.4) is 0 Å². The summed E-state index contributed by atoms with van der Waals surface area (Å²) in [5.74, 6) is -0.407. The summed E-state index contributed by atoms with van der Waals surface area (Å²) in [6.07, 6.45) is 0. The minimum absolute atomic E-state index is 0.00130. The number of carbonyl (C=O) groups excluding carboxylic acids is 1. The zero-order valence-electron chi connectivity index (χ0n) is 7.57. The Kier molecular flexibility index (Phi) is 1.68. The van der Waals surface area contributed by atoms with E-state index in [-0.39, 0.29) is 10.6 Å². The van der Waals surface area contributed by atoms with E-state index in [1.807, 2.05) is 0 Å². The monoisotopic (exact) mass is 267 g/mol. The van der Waals surface area contributed by atoms with E-state index < -0.39 is 5.76 Å². The molecular weight excluding hydrogens is 262 g/mol. The largest absolute Gasteiger partial charge is 0.420 e. The molecule has 0 N–H and O–H groups in total. The maximum absolute atomic E-state index is 11.8. The molecule has 0 aliphatic carbocycles. The summed E-state index contributed by atoms with van der Waals surface area (Å²) >= 11 is 3.26. The summed E-state index contributed by atoms with van der Waals surface area (Å²) in [4.78, 5) is 22.9. The Morgan fingerprint density at radius 1 is 1.40 bits per heavy atom. The van der Waals surface area contributed by atoms with Gasteiger partial charge in [-0.1, -0.05) is 22.0 Å². The summed E-state index contributed by atoms with van der Waals surface area (Å²) in [7, 11) is 0. The maximum atomic E-state index is 11.8. The Labute approximate surface area is 92.6 Å². The van der Waals surface area contributed by atoms with Crippen molar-refractivity contribution in [3.63, 3.8) is 0 Å². The minimum atomic E-state index is -0.408. The molecule has 0 saturated heterocycles. The van der Waals surface area contributed by atoms with E-state index >= 15 is 0 Å². The lowest BCUT2D eigenvalue weighted by Gasteiger charge is -2.16. The number of rotatable bonds is 0. The zero-order chi connectivity index (χ0) is 10.6. The third-order valence-electron chi connectivity index (χ3n) is 2.58. The SMILES string of the molecule is O=C1c2cccc3oc(=O)n(c23)CC1Br. The highest BCUT2D eigenvalue weighted by atomic mass is 79.9. The van der Waals surface area contributed by atoms with Gasteiger partial charge in [0, 0.05) is 12.1 Å². The highest BCUT2D eigenvalue weighted by Crippen LogP contribution is 2.26. The van der Waals surface area contributed by atoms with Crippen molar-refractivity contribution in [2.75, 3.05) is 0 Å². The molecular formula is C10H6BrNO3. The topological polar surface area (TPSA) is 52.2 Å². The van der Waals surface area contributed by atoms with E-state index in [9.17, 15) is 9.59 Å². The van der Waals surface area contributed by atoms with E-state index in [4.69, 9.17) is 4.42 Å². The van der Waals surface area contributed by atoms with Crippen molar-refractivity contribution < 1.29 is 9.21 Å². The van der Waals surface area contributed by atoms with E-state index in [2.05, 4.69) is 15.9 Å². The van der Waals surface area contributed by atoms with Crippen molar-refractivity contribution in [1.29, 1.82) is 0 Å². The fraction of sp³-hybridized carbons (Fsp3) is 0.200. The molecule has 0 spiro atoms. The number of nitrogens with zero attached hydrogens (tertiary/aromatic N) is 1. The molecule has 0 saturated carbocycles. The van der Waals surface area contributed by atoms with Crippen molar-refractivity contribution in [2.45, 2.75) is 11.4 Å².